The van der Waals surface area contributed by atoms with Crippen LogP contribution in [-0.2, 0) is 6.54 Å². The first-order valence-electron chi connectivity index (χ1n) is 6.55. The lowest BCUT2D eigenvalue weighted by atomic mass is 10.2. The van der Waals surface area contributed by atoms with Crippen LogP contribution in [0.25, 0.3) is 10.7 Å². The third-order valence-electron chi connectivity index (χ3n) is 3.05. The Morgan fingerprint density at radius 1 is 1.24 bits per heavy atom. The summed E-state index contributed by atoms with van der Waals surface area (Å²) in [6.07, 6.45) is 3.73. The molecule has 0 atom stereocenters. The fraction of sp³-hybridized carbons (Fsp3) is 0.125. The maximum atomic E-state index is 9.03. The fourth-order valence-corrected chi connectivity index (χ4v) is 2.80. The molecule has 0 radical (unpaired) electrons. The number of aromatic nitrogens is 2. The van der Waals surface area contributed by atoms with Crippen LogP contribution >= 0.6 is 11.3 Å². The molecule has 2 aromatic heterocycles. The zero-order valence-corrected chi connectivity index (χ0v) is 12.1. The Morgan fingerprint density at radius 3 is 2.95 bits per heavy atom. The summed E-state index contributed by atoms with van der Waals surface area (Å²) in [4.78, 5) is 5.52. The number of para-hydroxylation sites is 1. The van der Waals surface area contributed by atoms with Gasteiger partial charge in [-0.2, -0.15) is 5.26 Å². The van der Waals surface area contributed by atoms with Gasteiger partial charge in [0.05, 0.1) is 17.0 Å². The van der Waals surface area contributed by atoms with Crippen LogP contribution in [0.5, 0.6) is 5.75 Å². The van der Waals surface area contributed by atoms with Gasteiger partial charge in [-0.15, -0.1) is 11.3 Å². The molecular weight excluding hydrogens is 282 g/mol. The smallest absolute Gasteiger partial charge is 0.150 e. The molecule has 0 bridgehead atoms. The van der Waals surface area contributed by atoms with E-state index in [2.05, 4.69) is 21.7 Å². The monoisotopic (exact) mass is 295 g/mol. The molecule has 3 aromatic rings. The Kier molecular flexibility index (Phi) is 3.99. The first kappa shape index (κ1) is 13.4. The van der Waals surface area contributed by atoms with Gasteiger partial charge in [-0.25, -0.2) is 4.98 Å². The topological polar surface area (TPSA) is 50.8 Å². The summed E-state index contributed by atoms with van der Waals surface area (Å²) in [6.45, 7) is 1.18. The van der Waals surface area contributed by atoms with Gasteiger partial charge in [0.15, 0.2) is 0 Å². The molecule has 0 amide bonds. The van der Waals surface area contributed by atoms with Gasteiger partial charge in [0.2, 0.25) is 0 Å². The SMILES string of the molecule is N#Cc1ccccc1OCCn1ccnc1-c1cccs1. The van der Waals surface area contributed by atoms with Crippen molar-refractivity contribution in [2.24, 2.45) is 0 Å². The van der Waals surface area contributed by atoms with Gasteiger partial charge in [0, 0.05) is 12.4 Å². The van der Waals surface area contributed by atoms with Crippen molar-refractivity contribution in [1.82, 2.24) is 9.55 Å². The summed E-state index contributed by atoms with van der Waals surface area (Å²) >= 11 is 1.66. The highest BCUT2D eigenvalue weighted by Crippen LogP contribution is 2.23. The molecular formula is C16H13N3OS. The van der Waals surface area contributed by atoms with Crippen molar-refractivity contribution < 1.29 is 4.74 Å². The molecule has 104 valence electrons. The van der Waals surface area contributed by atoms with Crippen LogP contribution in [0.2, 0.25) is 0 Å². The molecule has 0 saturated heterocycles. The molecule has 0 aliphatic carbocycles. The first-order chi connectivity index (χ1) is 10.4. The van der Waals surface area contributed by atoms with Gasteiger partial charge in [-0.3, -0.25) is 0 Å². The minimum Gasteiger partial charge on any atom is -0.490 e. The van der Waals surface area contributed by atoms with Crippen molar-refractivity contribution in [3.63, 3.8) is 0 Å². The van der Waals surface area contributed by atoms with Crippen LogP contribution < -0.4 is 4.74 Å². The zero-order valence-electron chi connectivity index (χ0n) is 11.3. The summed E-state index contributed by atoms with van der Waals surface area (Å²) in [7, 11) is 0. The highest BCUT2D eigenvalue weighted by molar-refractivity contribution is 7.13. The molecule has 4 nitrogen and oxygen atoms in total. The van der Waals surface area contributed by atoms with E-state index in [0.717, 1.165) is 10.7 Å². The van der Waals surface area contributed by atoms with Crippen molar-refractivity contribution in [1.29, 1.82) is 5.26 Å². The zero-order chi connectivity index (χ0) is 14.5. The second-order valence-electron chi connectivity index (χ2n) is 4.38. The molecule has 1 aromatic carbocycles. The van der Waals surface area contributed by atoms with Gasteiger partial charge in [0.25, 0.3) is 0 Å². The second kappa shape index (κ2) is 6.25. The van der Waals surface area contributed by atoms with E-state index in [1.807, 2.05) is 35.8 Å². The minimum absolute atomic E-state index is 0.493. The molecule has 0 aliphatic rings. The van der Waals surface area contributed by atoms with Gasteiger partial charge in [-0.05, 0) is 23.6 Å². The van der Waals surface area contributed by atoms with Crippen molar-refractivity contribution in [3.8, 4) is 22.5 Å². The van der Waals surface area contributed by atoms with Crippen LogP contribution in [0, 0.1) is 11.3 Å². The summed E-state index contributed by atoms with van der Waals surface area (Å²) < 4.78 is 7.76. The molecule has 3 rings (SSSR count). The molecule has 21 heavy (non-hydrogen) atoms. The number of imidazole rings is 1. The van der Waals surface area contributed by atoms with Crippen molar-refractivity contribution >= 4 is 11.3 Å². The van der Waals surface area contributed by atoms with E-state index in [0.29, 0.717) is 24.5 Å². The normalized spacial score (nSPS) is 10.2. The Bertz CT molecular complexity index is 756. The largest absolute Gasteiger partial charge is 0.490 e. The third kappa shape index (κ3) is 2.96. The summed E-state index contributed by atoms with van der Waals surface area (Å²) in [5.74, 6) is 1.57. The Balaban J connectivity index is 1.67. The third-order valence-corrected chi connectivity index (χ3v) is 3.92. The van der Waals surface area contributed by atoms with Gasteiger partial charge in [0.1, 0.15) is 24.3 Å². The number of rotatable bonds is 5. The molecule has 0 aliphatic heterocycles. The molecule has 0 N–H and O–H groups in total. The van der Waals surface area contributed by atoms with Crippen LogP contribution in [0.3, 0.4) is 0 Å². The quantitative estimate of drug-likeness (QED) is 0.723. The van der Waals surface area contributed by atoms with Gasteiger partial charge in [-0.1, -0.05) is 18.2 Å². The summed E-state index contributed by atoms with van der Waals surface area (Å²) in [6, 6.07) is 13.5. The van der Waals surface area contributed by atoms with E-state index < -0.39 is 0 Å². The molecule has 0 saturated carbocycles. The first-order valence-corrected chi connectivity index (χ1v) is 7.43. The van der Waals surface area contributed by atoms with Crippen molar-refractivity contribution in [3.05, 3.63) is 59.7 Å². The number of benzene rings is 1. The summed E-state index contributed by atoms with van der Waals surface area (Å²) in [5, 5.41) is 11.1. The lowest BCUT2D eigenvalue weighted by molar-refractivity contribution is 0.298. The predicted octanol–water partition coefficient (Wildman–Crippen LogP) is 3.56. The lowest BCUT2D eigenvalue weighted by Gasteiger charge is -2.09. The maximum absolute atomic E-state index is 9.03. The Labute approximate surface area is 126 Å². The van der Waals surface area contributed by atoms with E-state index in [4.69, 9.17) is 10.00 Å². The Hall–Kier alpha value is -2.58. The maximum Gasteiger partial charge on any atom is 0.150 e. The average Bonchev–Trinajstić information content (AvgIpc) is 3.18. The van der Waals surface area contributed by atoms with Gasteiger partial charge < -0.3 is 9.30 Å². The number of nitrogens with zero attached hydrogens (tertiary/aromatic N) is 3. The molecule has 0 unspecified atom stereocenters. The average molecular weight is 295 g/mol. The number of ether oxygens (including phenoxy) is 1. The Morgan fingerprint density at radius 2 is 2.14 bits per heavy atom. The molecule has 2 heterocycles. The van der Waals surface area contributed by atoms with Crippen LogP contribution in [-0.4, -0.2) is 16.2 Å². The second-order valence-corrected chi connectivity index (χ2v) is 5.33. The number of hydrogen-bond acceptors (Lipinski definition) is 4. The van der Waals surface area contributed by atoms with E-state index in [1.165, 1.54) is 0 Å². The molecule has 0 fully saturated rings. The summed E-state index contributed by atoms with van der Waals surface area (Å²) in [5.41, 5.74) is 0.557. The molecule has 0 spiro atoms. The van der Waals surface area contributed by atoms with E-state index >= 15 is 0 Å². The standard InChI is InChI=1S/C16H13N3OS/c17-12-13-4-1-2-5-14(13)20-10-9-19-8-7-18-16(19)15-6-3-11-21-15/h1-8,11H,9-10H2. The number of nitriles is 1. The van der Waals surface area contributed by atoms with E-state index in [-0.39, 0.29) is 0 Å². The van der Waals surface area contributed by atoms with Gasteiger partial charge >= 0.3 is 0 Å². The van der Waals surface area contributed by atoms with Crippen LogP contribution in [0.1, 0.15) is 5.56 Å². The molecule has 5 heteroatoms. The number of thiophene rings is 1. The van der Waals surface area contributed by atoms with Crippen molar-refractivity contribution in [2.75, 3.05) is 6.61 Å². The minimum atomic E-state index is 0.493. The fourth-order valence-electron chi connectivity index (χ4n) is 2.06. The van der Waals surface area contributed by atoms with E-state index in [9.17, 15) is 0 Å². The van der Waals surface area contributed by atoms with Crippen molar-refractivity contribution in [2.45, 2.75) is 6.54 Å². The lowest BCUT2D eigenvalue weighted by Crippen LogP contribution is -2.09. The van der Waals surface area contributed by atoms with Crippen LogP contribution in [0.4, 0.5) is 0 Å². The number of hydrogen-bond donors (Lipinski definition) is 0. The van der Waals surface area contributed by atoms with Crippen LogP contribution in [0.15, 0.2) is 54.2 Å². The highest BCUT2D eigenvalue weighted by atomic mass is 32.1. The highest BCUT2D eigenvalue weighted by Gasteiger charge is 2.07. The van der Waals surface area contributed by atoms with E-state index in [1.54, 1.807) is 23.6 Å². The predicted molar refractivity (Wildman–Crippen MR) is 82.2 cm³/mol.